The summed E-state index contributed by atoms with van der Waals surface area (Å²) in [5.41, 5.74) is 0.549. The first-order valence-corrected chi connectivity index (χ1v) is 7.86. The number of carbonyl (C=O) groups excluding carboxylic acids is 1. The first-order chi connectivity index (χ1) is 9.95. The van der Waals surface area contributed by atoms with Crippen molar-refractivity contribution in [3.63, 3.8) is 0 Å². The molecule has 8 heteroatoms. The Labute approximate surface area is 138 Å². The number of likely N-dealkylation sites (tertiary alicyclic amines) is 1. The van der Waals surface area contributed by atoms with Gasteiger partial charge in [0.1, 0.15) is 0 Å². The van der Waals surface area contributed by atoms with Crippen LogP contribution in [0.25, 0.3) is 0 Å². The third kappa shape index (κ3) is 3.44. The molecule has 1 aromatic heterocycles. The molecule has 21 heavy (non-hydrogen) atoms. The number of ether oxygens (including phenoxy) is 1. The van der Waals surface area contributed by atoms with Gasteiger partial charge in [0, 0.05) is 35.2 Å². The number of carboxylic acids is 1. The number of hydrogen-bond donors (Lipinski definition) is 1. The lowest BCUT2D eigenvalue weighted by atomic mass is 9.97. The van der Waals surface area contributed by atoms with E-state index in [0.29, 0.717) is 23.3 Å². The van der Waals surface area contributed by atoms with Gasteiger partial charge in [-0.25, -0.2) is 0 Å². The molecule has 1 amide bonds. The van der Waals surface area contributed by atoms with E-state index in [9.17, 15) is 14.7 Å². The van der Waals surface area contributed by atoms with Crippen LogP contribution in [0.2, 0.25) is 0 Å². The van der Waals surface area contributed by atoms with Crippen molar-refractivity contribution < 1.29 is 19.4 Å². The van der Waals surface area contributed by atoms with Crippen molar-refractivity contribution in [1.29, 1.82) is 0 Å². The first kappa shape index (κ1) is 16.4. The fourth-order valence-electron chi connectivity index (χ4n) is 2.45. The summed E-state index contributed by atoms with van der Waals surface area (Å²) in [7, 11) is 1.54. The van der Waals surface area contributed by atoms with Gasteiger partial charge in [-0.05, 0) is 37.9 Å². The van der Waals surface area contributed by atoms with Crippen molar-refractivity contribution >= 4 is 43.7 Å². The highest BCUT2D eigenvalue weighted by Crippen LogP contribution is 2.40. The largest absolute Gasteiger partial charge is 0.481 e. The van der Waals surface area contributed by atoms with Crippen molar-refractivity contribution in [2.45, 2.75) is 12.5 Å². The highest BCUT2D eigenvalue weighted by molar-refractivity contribution is 9.11. The number of rotatable bonds is 5. The topological polar surface area (TPSA) is 79.7 Å². The van der Waals surface area contributed by atoms with E-state index >= 15 is 0 Å². The Hall–Kier alpha value is -0.990. The van der Waals surface area contributed by atoms with Gasteiger partial charge in [0.25, 0.3) is 0 Å². The van der Waals surface area contributed by atoms with Crippen LogP contribution in [0.15, 0.2) is 21.2 Å². The number of carbonyl (C=O) groups is 2. The highest BCUT2D eigenvalue weighted by Gasteiger charge is 2.45. The highest BCUT2D eigenvalue weighted by atomic mass is 79.9. The molecule has 1 aliphatic rings. The van der Waals surface area contributed by atoms with Gasteiger partial charge < -0.3 is 14.7 Å². The third-order valence-electron chi connectivity index (χ3n) is 3.40. The van der Waals surface area contributed by atoms with E-state index in [2.05, 4.69) is 36.8 Å². The fraction of sp³-hybridized carbons (Fsp3) is 0.462. The molecule has 1 aromatic rings. The van der Waals surface area contributed by atoms with Crippen molar-refractivity contribution in [3.8, 4) is 0 Å². The van der Waals surface area contributed by atoms with E-state index in [0.717, 1.165) is 4.47 Å². The maximum atomic E-state index is 12.1. The van der Waals surface area contributed by atoms with Crippen LogP contribution >= 0.6 is 31.9 Å². The minimum atomic E-state index is -0.995. The summed E-state index contributed by atoms with van der Waals surface area (Å²) in [5, 5.41) is 9.39. The summed E-state index contributed by atoms with van der Waals surface area (Å²) >= 11 is 6.70. The fourth-order valence-corrected chi connectivity index (χ4v) is 3.67. The SMILES string of the molecule is COCCN1C(=O)CC(C(=O)O)C1c1ncc(Br)cc1Br. The Morgan fingerprint density at radius 1 is 1.57 bits per heavy atom. The van der Waals surface area contributed by atoms with Crippen LogP contribution in [0.5, 0.6) is 0 Å². The molecule has 2 atom stereocenters. The predicted molar refractivity (Wildman–Crippen MR) is 81.7 cm³/mol. The number of amides is 1. The summed E-state index contributed by atoms with van der Waals surface area (Å²) < 4.78 is 6.45. The maximum Gasteiger partial charge on any atom is 0.309 e. The molecular formula is C13H14Br2N2O4. The molecule has 6 nitrogen and oxygen atoms in total. The molecule has 0 aliphatic carbocycles. The Bertz CT molecular complexity index is 567. The number of aliphatic carboxylic acids is 1. The van der Waals surface area contributed by atoms with E-state index in [1.807, 2.05) is 0 Å². The lowest BCUT2D eigenvalue weighted by Gasteiger charge is -2.27. The molecule has 2 unspecified atom stereocenters. The van der Waals surface area contributed by atoms with Crippen LogP contribution in [0, 0.1) is 5.92 Å². The van der Waals surface area contributed by atoms with E-state index < -0.39 is 17.9 Å². The molecule has 0 saturated carbocycles. The first-order valence-electron chi connectivity index (χ1n) is 6.28. The Morgan fingerprint density at radius 3 is 2.86 bits per heavy atom. The quantitative estimate of drug-likeness (QED) is 0.788. The molecule has 0 spiro atoms. The van der Waals surface area contributed by atoms with Crippen molar-refractivity contribution in [2.24, 2.45) is 5.92 Å². The smallest absolute Gasteiger partial charge is 0.309 e. The number of carboxylic acid groups (broad SMARTS) is 1. The van der Waals surface area contributed by atoms with Crippen molar-refractivity contribution in [1.82, 2.24) is 9.88 Å². The zero-order chi connectivity index (χ0) is 15.6. The second-order valence-electron chi connectivity index (χ2n) is 4.69. The summed E-state index contributed by atoms with van der Waals surface area (Å²) in [5.74, 6) is -2.00. The molecule has 0 aromatic carbocycles. The van der Waals surface area contributed by atoms with E-state index in [-0.39, 0.29) is 12.3 Å². The number of methoxy groups -OCH3 is 1. The van der Waals surface area contributed by atoms with Crippen molar-refractivity contribution in [2.75, 3.05) is 20.3 Å². The van der Waals surface area contributed by atoms with Crippen LogP contribution in [-0.2, 0) is 14.3 Å². The summed E-state index contributed by atoms with van der Waals surface area (Å²) in [6.45, 7) is 0.691. The van der Waals surface area contributed by atoms with Gasteiger partial charge in [-0.3, -0.25) is 14.6 Å². The van der Waals surface area contributed by atoms with Gasteiger partial charge in [-0.1, -0.05) is 0 Å². The molecule has 1 aliphatic heterocycles. The summed E-state index contributed by atoms with van der Waals surface area (Å²) in [6, 6.07) is 1.20. The average Bonchev–Trinajstić information content (AvgIpc) is 2.74. The number of halogens is 2. The second-order valence-corrected chi connectivity index (χ2v) is 6.46. The molecule has 0 radical (unpaired) electrons. The van der Waals surface area contributed by atoms with Crippen LogP contribution in [0.1, 0.15) is 18.2 Å². The van der Waals surface area contributed by atoms with Gasteiger partial charge in [-0.15, -0.1) is 0 Å². The molecule has 1 N–H and O–H groups in total. The van der Waals surface area contributed by atoms with Gasteiger partial charge in [0.2, 0.25) is 5.91 Å². The molecule has 114 valence electrons. The Balaban J connectivity index is 2.41. The molecule has 2 heterocycles. The van der Waals surface area contributed by atoms with E-state index in [1.165, 1.54) is 12.0 Å². The average molecular weight is 422 g/mol. The van der Waals surface area contributed by atoms with Crippen LogP contribution in [0.3, 0.4) is 0 Å². The number of aromatic nitrogens is 1. The molecule has 2 rings (SSSR count). The van der Waals surface area contributed by atoms with E-state index in [4.69, 9.17) is 4.74 Å². The lowest BCUT2D eigenvalue weighted by molar-refractivity contribution is -0.142. The van der Waals surface area contributed by atoms with Crippen LogP contribution in [0.4, 0.5) is 0 Å². The molecule has 1 saturated heterocycles. The normalized spacial score (nSPS) is 21.9. The summed E-state index contributed by atoms with van der Waals surface area (Å²) in [4.78, 5) is 29.4. The number of nitrogens with zero attached hydrogens (tertiary/aromatic N) is 2. The molecule has 0 bridgehead atoms. The number of hydrogen-bond acceptors (Lipinski definition) is 4. The standard InChI is InChI=1S/C13H14Br2N2O4/c1-21-3-2-17-10(18)5-8(13(19)20)12(17)11-9(15)4-7(14)6-16-11/h4,6,8,12H,2-3,5H2,1H3,(H,19,20). The Morgan fingerprint density at radius 2 is 2.29 bits per heavy atom. The monoisotopic (exact) mass is 420 g/mol. The zero-order valence-corrected chi connectivity index (χ0v) is 14.4. The minimum Gasteiger partial charge on any atom is -0.481 e. The van der Waals surface area contributed by atoms with E-state index in [1.54, 1.807) is 12.3 Å². The van der Waals surface area contributed by atoms with Gasteiger partial charge in [0.15, 0.2) is 0 Å². The minimum absolute atomic E-state index is 0.0199. The van der Waals surface area contributed by atoms with Crippen LogP contribution < -0.4 is 0 Å². The summed E-state index contributed by atoms with van der Waals surface area (Å²) in [6.07, 6.45) is 1.57. The molecular weight excluding hydrogens is 408 g/mol. The zero-order valence-electron chi connectivity index (χ0n) is 11.3. The third-order valence-corrected chi connectivity index (χ3v) is 4.47. The lowest BCUT2D eigenvalue weighted by Crippen LogP contribution is -2.34. The van der Waals surface area contributed by atoms with Gasteiger partial charge >= 0.3 is 5.97 Å². The maximum absolute atomic E-state index is 12.1. The second kappa shape index (κ2) is 6.85. The van der Waals surface area contributed by atoms with Crippen LogP contribution in [-0.4, -0.2) is 47.1 Å². The van der Waals surface area contributed by atoms with Gasteiger partial charge in [-0.2, -0.15) is 0 Å². The van der Waals surface area contributed by atoms with Crippen molar-refractivity contribution in [3.05, 3.63) is 26.9 Å². The van der Waals surface area contributed by atoms with Gasteiger partial charge in [0.05, 0.1) is 24.3 Å². The molecule has 1 fully saturated rings. The Kier molecular flexibility index (Phi) is 5.34. The predicted octanol–water partition coefficient (Wildman–Crippen LogP) is 2.23. The number of pyridine rings is 1.